The first-order chi connectivity index (χ1) is 4.47. The Labute approximate surface area is 66.0 Å². The van der Waals surface area contributed by atoms with E-state index in [0.717, 1.165) is 13.0 Å². The number of nitrogens with two attached hydrogens (primary N) is 1. The van der Waals surface area contributed by atoms with Crippen molar-refractivity contribution >= 4 is 0 Å². The topological polar surface area (TPSA) is 26.0 Å². The third-order valence-electron chi connectivity index (χ3n) is 0.894. The molecule has 0 radical (unpaired) electrons. The van der Waals surface area contributed by atoms with Gasteiger partial charge in [0.2, 0.25) is 0 Å². The molecule has 0 aromatic heterocycles. The number of hydrogen-bond donors (Lipinski definition) is 1. The Morgan fingerprint density at radius 2 is 1.40 bits per heavy atom. The first kappa shape index (κ1) is 12.6. The van der Waals surface area contributed by atoms with E-state index in [1.807, 2.05) is 0 Å². The monoisotopic (exact) mass is 145 g/mol. The lowest BCUT2D eigenvalue weighted by Crippen LogP contribution is -2.12. The molecule has 1 nitrogen and oxygen atoms in total. The van der Waals surface area contributed by atoms with Crippen LogP contribution in [0.5, 0.6) is 0 Å². The van der Waals surface area contributed by atoms with E-state index in [1.54, 1.807) is 0 Å². The molecule has 0 aromatic rings. The standard InChI is InChI=1S/C6H15N.C3H8/c1-6(2,3)4-5-7;1-3-2/h4-5,7H2,1-3H3;3H2,1-2H3. The van der Waals surface area contributed by atoms with E-state index < -0.39 is 0 Å². The molecule has 0 aliphatic heterocycles. The largest absolute Gasteiger partial charge is 0.330 e. The van der Waals surface area contributed by atoms with Gasteiger partial charge in [-0.2, -0.15) is 0 Å². The van der Waals surface area contributed by atoms with Crippen LogP contribution in [0.2, 0.25) is 0 Å². The van der Waals surface area contributed by atoms with Gasteiger partial charge < -0.3 is 5.73 Å². The molecule has 0 bridgehead atoms. The van der Waals surface area contributed by atoms with Crippen molar-refractivity contribution in [1.29, 1.82) is 0 Å². The van der Waals surface area contributed by atoms with E-state index in [9.17, 15) is 0 Å². The van der Waals surface area contributed by atoms with Gasteiger partial charge in [0.1, 0.15) is 0 Å². The average Bonchev–Trinajstić information content (AvgIpc) is 1.63. The molecule has 0 heterocycles. The summed E-state index contributed by atoms with van der Waals surface area (Å²) in [6.45, 7) is 11.6. The van der Waals surface area contributed by atoms with Gasteiger partial charge in [0.05, 0.1) is 0 Å². The maximum absolute atomic E-state index is 5.31. The molecule has 0 unspecified atom stereocenters. The van der Waals surface area contributed by atoms with Gasteiger partial charge in [-0.15, -0.1) is 0 Å². The van der Waals surface area contributed by atoms with Crippen molar-refractivity contribution in [2.45, 2.75) is 47.5 Å². The zero-order chi connectivity index (χ0) is 8.62. The minimum Gasteiger partial charge on any atom is -0.330 e. The van der Waals surface area contributed by atoms with Crippen LogP contribution in [0.3, 0.4) is 0 Å². The third kappa shape index (κ3) is 24.6. The predicted octanol–water partition coefficient (Wildman–Crippen LogP) is 2.80. The maximum Gasteiger partial charge on any atom is -0.00723 e. The Bertz CT molecular complexity index is 52.2. The lowest BCUT2D eigenvalue weighted by molar-refractivity contribution is 0.385. The minimum absolute atomic E-state index is 0.425. The number of hydrogen-bond acceptors (Lipinski definition) is 1. The van der Waals surface area contributed by atoms with Crippen molar-refractivity contribution in [2.24, 2.45) is 11.1 Å². The van der Waals surface area contributed by atoms with E-state index in [4.69, 9.17) is 5.73 Å². The Hall–Kier alpha value is -0.0400. The molecular weight excluding hydrogens is 122 g/mol. The molecule has 0 saturated heterocycles. The van der Waals surface area contributed by atoms with E-state index >= 15 is 0 Å². The van der Waals surface area contributed by atoms with Crippen molar-refractivity contribution in [1.82, 2.24) is 0 Å². The fraction of sp³-hybridized carbons (Fsp3) is 1.00. The molecule has 2 N–H and O–H groups in total. The van der Waals surface area contributed by atoms with Crippen LogP contribution in [-0.2, 0) is 0 Å². The summed E-state index contributed by atoms with van der Waals surface area (Å²) < 4.78 is 0. The summed E-state index contributed by atoms with van der Waals surface area (Å²) in [7, 11) is 0. The van der Waals surface area contributed by atoms with Gasteiger partial charge in [0, 0.05) is 0 Å². The molecule has 0 saturated carbocycles. The molecule has 0 atom stereocenters. The Morgan fingerprint density at radius 3 is 1.40 bits per heavy atom. The highest BCUT2D eigenvalue weighted by Crippen LogP contribution is 2.15. The van der Waals surface area contributed by atoms with E-state index in [2.05, 4.69) is 34.6 Å². The lowest BCUT2D eigenvalue weighted by atomic mass is 9.93. The van der Waals surface area contributed by atoms with E-state index in [1.165, 1.54) is 6.42 Å². The number of rotatable bonds is 1. The highest BCUT2D eigenvalue weighted by molar-refractivity contribution is 4.60. The van der Waals surface area contributed by atoms with Gasteiger partial charge in [-0.1, -0.05) is 41.0 Å². The highest BCUT2D eigenvalue weighted by Gasteiger charge is 2.06. The first-order valence-corrected chi connectivity index (χ1v) is 4.18. The normalized spacial score (nSPS) is 10.2. The second-order valence-electron chi connectivity index (χ2n) is 3.81. The maximum atomic E-state index is 5.31. The van der Waals surface area contributed by atoms with Crippen LogP contribution in [0.15, 0.2) is 0 Å². The first-order valence-electron chi connectivity index (χ1n) is 4.18. The van der Waals surface area contributed by atoms with E-state index in [0.29, 0.717) is 5.41 Å². The van der Waals surface area contributed by atoms with Crippen LogP contribution in [0, 0.1) is 5.41 Å². The molecule has 10 heavy (non-hydrogen) atoms. The summed E-state index contributed by atoms with van der Waals surface area (Å²) in [5.74, 6) is 0. The molecular formula is C9H23N. The van der Waals surface area contributed by atoms with Crippen molar-refractivity contribution in [2.75, 3.05) is 6.54 Å². The van der Waals surface area contributed by atoms with E-state index in [-0.39, 0.29) is 0 Å². The average molecular weight is 145 g/mol. The van der Waals surface area contributed by atoms with Gasteiger partial charge in [-0.25, -0.2) is 0 Å². The third-order valence-corrected chi connectivity index (χ3v) is 0.894. The fourth-order valence-electron chi connectivity index (χ4n) is 0.433. The lowest BCUT2D eigenvalue weighted by Gasteiger charge is -2.15. The molecule has 0 aliphatic carbocycles. The summed E-state index contributed by atoms with van der Waals surface area (Å²) in [6.07, 6.45) is 2.37. The van der Waals surface area contributed by atoms with Crippen LogP contribution < -0.4 is 5.73 Å². The van der Waals surface area contributed by atoms with Gasteiger partial charge in [0.15, 0.2) is 0 Å². The molecule has 0 rings (SSSR count). The smallest absolute Gasteiger partial charge is 0.00723 e. The second kappa shape index (κ2) is 7.07. The molecule has 0 aromatic carbocycles. The Balaban J connectivity index is 0. The summed E-state index contributed by atoms with van der Waals surface area (Å²) >= 11 is 0. The van der Waals surface area contributed by atoms with Crippen LogP contribution >= 0.6 is 0 Å². The van der Waals surface area contributed by atoms with Gasteiger partial charge in [-0.05, 0) is 18.4 Å². The minimum atomic E-state index is 0.425. The van der Waals surface area contributed by atoms with Crippen molar-refractivity contribution in [3.05, 3.63) is 0 Å². The molecule has 0 spiro atoms. The molecule has 64 valence electrons. The highest BCUT2D eigenvalue weighted by atomic mass is 14.5. The Kier molecular flexibility index (Phi) is 8.92. The quantitative estimate of drug-likeness (QED) is 0.603. The fourth-order valence-corrected chi connectivity index (χ4v) is 0.433. The van der Waals surface area contributed by atoms with Crippen molar-refractivity contribution in [3.63, 3.8) is 0 Å². The van der Waals surface area contributed by atoms with Crippen LogP contribution in [0.25, 0.3) is 0 Å². The summed E-state index contributed by atoms with van der Waals surface area (Å²) in [4.78, 5) is 0. The van der Waals surface area contributed by atoms with Crippen molar-refractivity contribution < 1.29 is 0 Å². The predicted molar refractivity (Wildman–Crippen MR) is 49.1 cm³/mol. The van der Waals surface area contributed by atoms with Gasteiger partial charge in [0.25, 0.3) is 0 Å². The SMILES string of the molecule is CC(C)(C)CCN.CCC. The van der Waals surface area contributed by atoms with Crippen molar-refractivity contribution in [3.8, 4) is 0 Å². The Morgan fingerprint density at radius 1 is 1.10 bits per heavy atom. The zero-order valence-electron chi connectivity index (χ0n) is 8.20. The summed E-state index contributed by atoms with van der Waals surface area (Å²) in [5, 5.41) is 0. The van der Waals surface area contributed by atoms with Gasteiger partial charge >= 0.3 is 0 Å². The van der Waals surface area contributed by atoms with Crippen LogP contribution in [0.1, 0.15) is 47.5 Å². The molecule has 0 fully saturated rings. The van der Waals surface area contributed by atoms with Crippen LogP contribution in [0.4, 0.5) is 0 Å². The van der Waals surface area contributed by atoms with Crippen LogP contribution in [-0.4, -0.2) is 6.54 Å². The molecule has 0 aliphatic rings. The second-order valence-corrected chi connectivity index (χ2v) is 3.81. The van der Waals surface area contributed by atoms with Gasteiger partial charge in [-0.3, -0.25) is 0 Å². The summed E-state index contributed by atoms with van der Waals surface area (Å²) in [6, 6.07) is 0. The molecule has 0 amide bonds. The zero-order valence-corrected chi connectivity index (χ0v) is 8.20. The summed E-state index contributed by atoms with van der Waals surface area (Å²) in [5.41, 5.74) is 5.74. The molecule has 1 heteroatoms.